The summed E-state index contributed by atoms with van der Waals surface area (Å²) in [6, 6.07) is 6.92. The Morgan fingerprint density at radius 2 is 2.33 bits per heavy atom. The number of amides is 1. The minimum atomic E-state index is -0.518. The maximum atomic E-state index is 11.8. The van der Waals surface area contributed by atoms with Crippen LogP contribution in [0.4, 0.5) is 0 Å². The summed E-state index contributed by atoms with van der Waals surface area (Å²) >= 11 is 5.97. The molecule has 0 aliphatic heterocycles. The zero-order valence-electron chi connectivity index (χ0n) is 9.89. The minimum Gasteiger partial charge on any atom is -0.382 e. The Morgan fingerprint density at radius 1 is 1.56 bits per heavy atom. The van der Waals surface area contributed by atoms with Crippen LogP contribution in [0.5, 0.6) is 0 Å². The van der Waals surface area contributed by atoms with Gasteiger partial charge in [-0.25, -0.2) is 5.84 Å². The van der Waals surface area contributed by atoms with Gasteiger partial charge in [0.15, 0.2) is 0 Å². The van der Waals surface area contributed by atoms with Crippen LogP contribution >= 0.6 is 11.6 Å². The van der Waals surface area contributed by atoms with Gasteiger partial charge in [0.2, 0.25) is 0 Å². The number of carbonyl (C=O) groups excluding carboxylic acids is 1. The lowest BCUT2D eigenvalue weighted by atomic mass is 10.2. The van der Waals surface area contributed by atoms with Gasteiger partial charge in [-0.1, -0.05) is 17.7 Å². The van der Waals surface area contributed by atoms with Crippen LogP contribution in [0.3, 0.4) is 0 Å². The van der Waals surface area contributed by atoms with E-state index in [0.29, 0.717) is 5.02 Å². The van der Waals surface area contributed by atoms with Crippen molar-refractivity contribution in [2.75, 3.05) is 13.7 Å². The van der Waals surface area contributed by atoms with Crippen molar-refractivity contribution in [3.63, 3.8) is 0 Å². The summed E-state index contributed by atoms with van der Waals surface area (Å²) in [5, 5.41) is 1.62. The van der Waals surface area contributed by atoms with Crippen LogP contribution < -0.4 is 11.3 Å². The lowest BCUT2D eigenvalue weighted by molar-refractivity contribution is -0.125. The van der Waals surface area contributed by atoms with Gasteiger partial charge >= 0.3 is 0 Å². The van der Waals surface area contributed by atoms with Gasteiger partial charge in [-0.05, 0) is 23.6 Å². The number of hydrogen-bond acceptors (Lipinski definition) is 3. The highest BCUT2D eigenvalue weighted by Crippen LogP contribution is 2.24. The Kier molecular flexibility index (Phi) is 3.86. The van der Waals surface area contributed by atoms with E-state index < -0.39 is 6.04 Å². The van der Waals surface area contributed by atoms with Crippen molar-refractivity contribution in [3.05, 3.63) is 35.5 Å². The molecule has 5 nitrogen and oxygen atoms in total. The maximum absolute atomic E-state index is 11.8. The summed E-state index contributed by atoms with van der Waals surface area (Å²) < 4.78 is 6.86. The van der Waals surface area contributed by atoms with Crippen LogP contribution in [0.25, 0.3) is 10.9 Å². The van der Waals surface area contributed by atoms with Crippen molar-refractivity contribution in [2.45, 2.75) is 6.04 Å². The van der Waals surface area contributed by atoms with E-state index in [-0.39, 0.29) is 12.5 Å². The number of carbonyl (C=O) groups is 1. The third kappa shape index (κ3) is 2.33. The summed E-state index contributed by atoms with van der Waals surface area (Å²) in [5.41, 5.74) is 3.01. The highest BCUT2D eigenvalue weighted by Gasteiger charge is 2.20. The Labute approximate surface area is 109 Å². The summed E-state index contributed by atoms with van der Waals surface area (Å²) in [6.07, 6.45) is 1.82. The van der Waals surface area contributed by atoms with E-state index in [1.54, 1.807) is 4.57 Å². The molecule has 0 aliphatic carbocycles. The van der Waals surface area contributed by atoms with Crippen molar-refractivity contribution >= 4 is 28.4 Å². The maximum Gasteiger partial charge on any atom is 0.259 e. The van der Waals surface area contributed by atoms with Gasteiger partial charge < -0.3 is 9.30 Å². The molecular weight excluding hydrogens is 254 g/mol. The van der Waals surface area contributed by atoms with Gasteiger partial charge in [0.05, 0.1) is 12.1 Å². The van der Waals surface area contributed by atoms with Gasteiger partial charge in [-0.3, -0.25) is 10.2 Å². The molecule has 0 saturated carbocycles. The number of nitrogens with zero attached hydrogens (tertiary/aromatic N) is 1. The lowest BCUT2D eigenvalue weighted by Crippen LogP contribution is -2.38. The molecule has 2 rings (SSSR count). The standard InChI is InChI=1S/C12H14ClN3O2/c1-18-7-11(12(17)15-14)16-5-4-8-2-3-9(13)6-10(8)16/h2-6,11H,7,14H2,1H3,(H,15,17). The van der Waals surface area contributed by atoms with E-state index in [0.717, 1.165) is 10.9 Å². The number of rotatable bonds is 4. The zero-order chi connectivity index (χ0) is 13.1. The normalized spacial score (nSPS) is 12.6. The van der Waals surface area contributed by atoms with Gasteiger partial charge in [0.1, 0.15) is 6.04 Å². The lowest BCUT2D eigenvalue weighted by Gasteiger charge is -2.17. The summed E-state index contributed by atoms with van der Waals surface area (Å²) in [5.74, 6) is 4.88. The minimum absolute atomic E-state index is 0.235. The number of ether oxygens (including phenoxy) is 1. The predicted octanol–water partition coefficient (Wildman–Crippen LogP) is 1.47. The van der Waals surface area contributed by atoms with E-state index in [1.807, 2.05) is 30.5 Å². The molecule has 0 fully saturated rings. The fraction of sp³-hybridized carbons (Fsp3) is 0.250. The molecule has 1 atom stereocenters. The average molecular weight is 268 g/mol. The molecule has 6 heteroatoms. The number of methoxy groups -OCH3 is 1. The second-order valence-electron chi connectivity index (χ2n) is 3.91. The van der Waals surface area contributed by atoms with E-state index in [2.05, 4.69) is 5.43 Å². The highest BCUT2D eigenvalue weighted by molar-refractivity contribution is 6.31. The molecular formula is C12H14ClN3O2. The van der Waals surface area contributed by atoms with E-state index in [9.17, 15) is 4.79 Å². The smallest absolute Gasteiger partial charge is 0.259 e. The van der Waals surface area contributed by atoms with Crippen LogP contribution in [0.2, 0.25) is 5.02 Å². The largest absolute Gasteiger partial charge is 0.382 e. The fourth-order valence-electron chi connectivity index (χ4n) is 1.93. The first-order valence-electron chi connectivity index (χ1n) is 5.43. The molecule has 2 aromatic rings. The first-order valence-corrected chi connectivity index (χ1v) is 5.80. The Morgan fingerprint density at radius 3 is 3.00 bits per heavy atom. The third-order valence-electron chi connectivity index (χ3n) is 2.79. The Bertz CT molecular complexity index is 567. The number of hydrazine groups is 1. The van der Waals surface area contributed by atoms with Crippen LogP contribution in [0, 0.1) is 0 Å². The molecule has 0 radical (unpaired) electrons. The molecule has 96 valence electrons. The van der Waals surface area contributed by atoms with Crippen molar-refractivity contribution in [1.29, 1.82) is 0 Å². The number of aromatic nitrogens is 1. The fourth-order valence-corrected chi connectivity index (χ4v) is 2.10. The molecule has 0 aliphatic rings. The van der Waals surface area contributed by atoms with Crippen molar-refractivity contribution < 1.29 is 9.53 Å². The van der Waals surface area contributed by atoms with Gasteiger partial charge in [0.25, 0.3) is 5.91 Å². The summed E-state index contributed by atoms with van der Waals surface area (Å²) in [7, 11) is 1.54. The van der Waals surface area contributed by atoms with Crippen molar-refractivity contribution in [2.24, 2.45) is 5.84 Å². The number of hydrogen-bond donors (Lipinski definition) is 2. The highest BCUT2D eigenvalue weighted by atomic mass is 35.5. The average Bonchev–Trinajstić information content (AvgIpc) is 2.78. The van der Waals surface area contributed by atoms with Crippen LogP contribution in [-0.4, -0.2) is 24.2 Å². The first-order chi connectivity index (χ1) is 8.67. The number of benzene rings is 1. The number of nitrogens with one attached hydrogen (secondary N) is 1. The zero-order valence-corrected chi connectivity index (χ0v) is 10.6. The molecule has 18 heavy (non-hydrogen) atoms. The van der Waals surface area contributed by atoms with E-state index in [4.69, 9.17) is 22.2 Å². The van der Waals surface area contributed by atoms with Gasteiger partial charge in [-0.15, -0.1) is 0 Å². The van der Waals surface area contributed by atoms with Crippen LogP contribution in [-0.2, 0) is 9.53 Å². The van der Waals surface area contributed by atoms with E-state index >= 15 is 0 Å². The Hall–Kier alpha value is -1.56. The van der Waals surface area contributed by atoms with E-state index in [1.165, 1.54) is 7.11 Å². The quantitative estimate of drug-likeness (QED) is 0.501. The summed E-state index contributed by atoms with van der Waals surface area (Å²) in [6.45, 7) is 0.235. The molecule has 1 heterocycles. The van der Waals surface area contributed by atoms with Gasteiger partial charge in [0, 0.05) is 18.3 Å². The number of halogens is 1. The summed E-state index contributed by atoms with van der Waals surface area (Å²) in [4.78, 5) is 11.8. The molecule has 1 aromatic heterocycles. The second kappa shape index (κ2) is 5.39. The predicted molar refractivity (Wildman–Crippen MR) is 70.2 cm³/mol. The van der Waals surface area contributed by atoms with Crippen molar-refractivity contribution in [1.82, 2.24) is 9.99 Å². The number of fused-ring (bicyclic) bond motifs is 1. The molecule has 0 saturated heterocycles. The second-order valence-corrected chi connectivity index (χ2v) is 4.34. The monoisotopic (exact) mass is 267 g/mol. The van der Waals surface area contributed by atoms with Crippen LogP contribution in [0.1, 0.15) is 6.04 Å². The molecule has 0 spiro atoms. The van der Waals surface area contributed by atoms with Crippen LogP contribution in [0.15, 0.2) is 30.5 Å². The topological polar surface area (TPSA) is 69.3 Å². The molecule has 1 aromatic carbocycles. The molecule has 1 amide bonds. The molecule has 0 bridgehead atoms. The third-order valence-corrected chi connectivity index (χ3v) is 3.03. The van der Waals surface area contributed by atoms with Crippen molar-refractivity contribution in [3.8, 4) is 0 Å². The first kappa shape index (κ1) is 12.9. The molecule has 1 unspecified atom stereocenters. The number of nitrogens with two attached hydrogens (primary N) is 1. The van der Waals surface area contributed by atoms with Gasteiger partial charge in [-0.2, -0.15) is 0 Å². The molecule has 3 N–H and O–H groups in total. The Balaban J connectivity index is 2.49. The SMILES string of the molecule is COCC(C(=O)NN)n1ccc2ccc(Cl)cc21.